The first-order valence-corrected chi connectivity index (χ1v) is 10.4. The predicted octanol–water partition coefficient (Wildman–Crippen LogP) is 2.90. The standard InChI is InChI=1S/C22H25FN6O/c23-17-1-2-20-18(12-17)16(14-29(20)22(24)30)4-6-27-7-9-28(10-8-27)21-11-15-3-5-25-19(15)13-26-21/h1-3,5,11-13,16,25H,4,6-10,14H2,(H2,24,30). The van der Waals surface area contributed by atoms with Crippen molar-refractivity contribution >= 4 is 28.4 Å². The molecule has 2 aromatic heterocycles. The molecule has 4 heterocycles. The third kappa shape index (κ3) is 3.47. The summed E-state index contributed by atoms with van der Waals surface area (Å²) in [7, 11) is 0. The van der Waals surface area contributed by atoms with Crippen molar-refractivity contribution in [3.8, 4) is 0 Å². The molecule has 5 rings (SSSR count). The molecule has 3 aromatic rings. The number of aromatic nitrogens is 2. The van der Waals surface area contributed by atoms with E-state index in [0.717, 1.165) is 61.7 Å². The Balaban J connectivity index is 1.19. The second kappa shape index (κ2) is 7.60. The number of piperazine rings is 1. The molecule has 1 fully saturated rings. The Kier molecular flexibility index (Phi) is 4.78. The molecule has 156 valence electrons. The maximum Gasteiger partial charge on any atom is 0.319 e. The van der Waals surface area contributed by atoms with E-state index in [2.05, 4.69) is 31.9 Å². The van der Waals surface area contributed by atoms with Crippen LogP contribution in [-0.4, -0.2) is 60.2 Å². The lowest BCUT2D eigenvalue weighted by Gasteiger charge is -2.35. The van der Waals surface area contributed by atoms with Gasteiger partial charge in [0.25, 0.3) is 0 Å². The summed E-state index contributed by atoms with van der Waals surface area (Å²) in [5.74, 6) is 0.850. The van der Waals surface area contributed by atoms with Crippen LogP contribution in [0.1, 0.15) is 17.9 Å². The van der Waals surface area contributed by atoms with Gasteiger partial charge in [0, 0.05) is 55.9 Å². The number of anilines is 2. The van der Waals surface area contributed by atoms with Crippen LogP contribution >= 0.6 is 0 Å². The highest BCUT2D eigenvalue weighted by Gasteiger charge is 2.32. The number of nitrogens with two attached hydrogens (primary N) is 1. The van der Waals surface area contributed by atoms with Crippen LogP contribution in [0.4, 0.5) is 20.7 Å². The second-order valence-corrected chi connectivity index (χ2v) is 8.07. The van der Waals surface area contributed by atoms with E-state index in [4.69, 9.17) is 5.73 Å². The average molecular weight is 408 g/mol. The van der Waals surface area contributed by atoms with Crippen molar-refractivity contribution in [1.29, 1.82) is 0 Å². The minimum Gasteiger partial charge on any atom is -0.360 e. The van der Waals surface area contributed by atoms with E-state index in [1.165, 1.54) is 11.5 Å². The zero-order valence-corrected chi connectivity index (χ0v) is 16.7. The lowest BCUT2D eigenvalue weighted by molar-refractivity contribution is 0.246. The summed E-state index contributed by atoms with van der Waals surface area (Å²) < 4.78 is 13.8. The molecular weight excluding hydrogens is 383 g/mol. The van der Waals surface area contributed by atoms with Crippen molar-refractivity contribution in [2.24, 2.45) is 5.73 Å². The summed E-state index contributed by atoms with van der Waals surface area (Å²) in [6.45, 7) is 5.18. The maximum atomic E-state index is 13.8. The quantitative estimate of drug-likeness (QED) is 0.696. The Hall–Kier alpha value is -3.13. The first kappa shape index (κ1) is 18.9. The molecule has 0 radical (unpaired) electrons. The topological polar surface area (TPSA) is 81.5 Å². The van der Waals surface area contributed by atoms with E-state index >= 15 is 0 Å². The summed E-state index contributed by atoms with van der Waals surface area (Å²) in [6.07, 6.45) is 4.69. The number of urea groups is 1. The Bertz CT molecular complexity index is 1070. The van der Waals surface area contributed by atoms with Crippen LogP contribution in [0.3, 0.4) is 0 Å². The van der Waals surface area contributed by atoms with Gasteiger partial charge in [0.1, 0.15) is 11.6 Å². The molecule has 2 amide bonds. The van der Waals surface area contributed by atoms with Crippen LogP contribution in [0.25, 0.3) is 10.9 Å². The Morgan fingerprint density at radius 2 is 2.03 bits per heavy atom. The summed E-state index contributed by atoms with van der Waals surface area (Å²) in [5.41, 5.74) is 8.20. The molecule has 1 unspecified atom stereocenters. The molecule has 0 bridgehead atoms. The van der Waals surface area contributed by atoms with Gasteiger partial charge in [-0.05, 0) is 48.9 Å². The number of carbonyl (C=O) groups is 1. The third-order valence-corrected chi connectivity index (χ3v) is 6.30. The molecule has 1 saturated heterocycles. The van der Waals surface area contributed by atoms with E-state index in [1.807, 2.05) is 12.4 Å². The third-order valence-electron chi connectivity index (χ3n) is 6.30. The molecule has 0 aliphatic carbocycles. The van der Waals surface area contributed by atoms with Crippen molar-refractivity contribution in [3.63, 3.8) is 0 Å². The van der Waals surface area contributed by atoms with E-state index in [-0.39, 0.29) is 11.7 Å². The van der Waals surface area contributed by atoms with Crippen molar-refractivity contribution in [3.05, 3.63) is 54.1 Å². The molecular formula is C22H25FN6O. The summed E-state index contributed by atoms with van der Waals surface area (Å²) >= 11 is 0. The van der Waals surface area contributed by atoms with Gasteiger partial charge in [0.05, 0.1) is 11.7 Å². The number of aromatic amines is 1. The summed E-state index contributed by atoms with van der Waals surface area (Å²) in [5, 5.41) is 1.17. The minimum atomic E-state index is -0.481. The second-order valence-electron chi connectivity index (χ2n) is 8.07. The number of hydrogen-bond donors (Lipinski definition) is 2. The number of rotatable bonds is 4. The van der Waals surface area contributed by atoms with Crippen LogP contribution in [0.5, 0.6) is 0 Å². The van der Waals surface area contributed by atoms with Crippen molar-refractivity contribution < 1.29 is 9.18 Å². The maximum absolute atomic E-state index is 13.8. The van der Waals surface area contributed by atoms with Crippen molar-refractivity contribution in [1.82, 2.24) is 14.9 Å². The van der Waals surface area contributed by atoms with Gasteiger partial charge in [-0.1, -0.05) is 0 Å². The van der Waals surface area contributed by atoms with Gasteiger partial charge in [-0.3, -0.25) is 9.80 Å². The normalized spacial score (nSPS) is 19.4. The molecule has 0 spiro atoms. The number of H-pyrrole nitrogens is 1. The molecule has 2 aliphatic rings. The molecule has 8 heteroatoms. The molecule has 2 aliphatic heterocycles. The number of amides is 2. The highest BCUT2D eigenvalue weighted by molar-refractivity contribution is 5.93. The SMILES string of the molecule is NC(=O)N1CC(CCN2CCN(c3cc4cc[nH]c4cn3)CC2)c2cc(F)ccc21. The monoisotopic (exact) mass is 408 g/mol. The fraction of sp³-hybridized carbons (Fsp3) is 0.364. The van der Waals surface area contributed by atoms with Crippen LogP contribution in [0.15, 0.2) is 42.7 Å². The van der Waals surface area contributed by atoms with Gasteiger partial charge in [-0.25, -0.2) is 14.2 Å². The molecule has 3 N–H and O–H groups in total. The minimum absolute atomic E-state index is 0.110. The van der Waals surface area contributed by atoms with Crippen LogP contribution in [-0.2, 0) is 0 Å². The van der Waals surface area contributed by atoms with Crippen molar-refractivity contribution in [2.75, 3.05) is 49.1 Å². The number of halogens is 1. The number of nitrogens with zero attached hydrogens (tertiary/aromatic N) is 4. The lowest BCUT2D eigenvalue weighted by atomic mass is 9.97. The number of fused-ring (bicyclic) bond motifs is 2. The highest BCUT2D eigenvalue weighted by Crippen LogP contribution is 2.38. The van der Waals surface area contributed by atoms with E-state index in [1.54, 1.807) is 17.0 Å². The number of hydrogen-bond acceptors (Lipinski definition) is 4. The summed E-state index contributed by atoms with van der Waals surface area (Å²) in [6, 6.07) is 8.30. The largest absolute Gasteiger partial charge is 0.360 e. The Morgan fingerprint density at radius 1 is 1.20 bits per heavy atom. The summed E-state index contributed by atoms with van der Waals surface area (Å²) in [4.78, 5) is 25.8. The predicted molar refractivity (Wildman–Crippen MR) is 115 cm³/mol. The van der Waals surface area contributed by atoms with Gasteiger partial charge in [-0.15, -0.1) is 0 Å². The van der Waals surface area contributed by atoms with Gasteiger partial charge in [-0.2, -0.15) is 0 Å². The number of benzene rings is 1. The smallest absolute Gasteiger partial charge is 0.319 e. The van der Waals surface area contributed by atoms with Crippen LogP contribution < -0.4 is 15.5 Å². The van der Waals surface area contributed by atoms with Gasteiger partial charge in [0.2, 0.25) is 0 Å². The lowest BCUT2D eigenvalue weighted by Crippen LogP contribution is -2.47. The van der Waals surface area contributed by atoms with E-state index in [9.17, 15) is 9.18 Å². The van der Waals surface area contributed by atoms with Crippen molar-refractivity contribution in [2.45, 2.75) is 12.3 Å². The van der Waals surface area contributed by atoms with Crippen LogP contribution in [0.2, 0.25) is 0 Å². The highest BCUT2D eigenvalue weighted by atomic mass is 19.1. The number of pyridine rings is 1. The Morgan fingerprint density at radius 3 is 2.83 bits per heavy atom. The average Bonchev–Trinajstić information content (AvgIpc) is 3.36. The fourth-order valence-electron chi connectivity index (χ4n) is 4.62. The van der Waals surface area contributed by atoms with Gasteiger partial charge >= 0.3 is 6.03 Å². The number of primary amides is 1. The fourth-order valence-corrected chi connectivity index (χ4v) is 4.62. The molecule has 1 atom stereocenters. The van der Waals surface area contributed by atoms with E-state index in [0.29, 0.717) is 6.54 Å². The Labute approximate surface area is 174 Å². The molecule has 1 aromatic carbocycles. The van der Waals surface area contributed by atoms with E-state index < -0.39 is 6.03 Å². The molecule has 30 heavy (non-hydrogen) atoms. The first-order chi connectivity index (χ1) is 14.6. The molecule has 7 nitrogen and oxygen atoms in total. The molecule has 0 saturated carbocycles. The number of carbonyl (C=O) groups excluding carboxylic acids is 1. The first-order valence-electron chi connectivity index (χ1n) is 10.4. The van der Waals surface area contributed by atoms with Gasteiger partial charge < -0.3 is 15.6 Å². The van der Waals surface area contributed by atoms with Crippen LogP contribution in [0, 0.1) is 5.82 Å². The zero-order valence-electron chi connectivity index (χ0n) is 16.7. The number of nitrogens with one attached hydrogen (secondary N) is 1. The van der Waals surface area contributed by atoms with Gasteiger partial charge in [0.15, 0.2) is 0 Å². The zero-order chi connectivity index (χ0) is 20.7.